The summed E-state index contributed by atoms with van der Waals surface area (Å²) in [6, 6.07) is 19.4. The lowest BCUT2D eigenvalue weighted by Crippen LogP contribution is -2.65. The van der Waals surface area contributed by atoms with Crippen molar-refractivity contribution in [3.05, 3.63) is 93.8 Å². The minimum absolute atomic E-state index is 0.0233. The number of aromatic hydroxyl groups is 1. The Balaban J connectivity index is 1.45. The molecule has 1 aliphatic heterocycles. The third-order valence-electron chi connectivity index (χ3n) is 7.76. The van der Waals surface area contributed by atoms with Crippen molar-refractivity contribution in [1.29, 1.82) is 0 Å². The molecule has 1 saturated heterocycles. The number of aliphatic hydroxyl groups excluding tert-OH is 1. The Morgan fingerprint density at radius 1 is 1.02 bits per heavy atom. The Morgan fingerprint density at radius 2 is 1.70 bits per heavy atom. The molecule has 0 aliphatic carbocycles. The number of aliphatic hydroxyl groups is 1. The number of methoxy groups -OCH3 is 1. The summed E-state index contributed by atoms with van der Waals surface area (Å²) in [7, 11) is 1.38. The quantitative estimate of drug-likeness (QED) is 0.196. The lowest BCUT2D eigenvalue weighted by atomic mass is 9.89. The molecule has 0 saturated carbocycles. The Bertz CT molecular complexity index is 1760. The third-order valence-corrected chi connectivity index (χ3v) is 7.76. The number of hydrogen-bond acceptors (Lipinski definition) is 10. The first kappa shape index (κ1) is 30.7. The van der Waals surface area contributed by atoms with Crippen LogP contribution in [0.2, 0.25) is 0 Å². The van der Waals surface area contributed by atoms with Gasteiger partial charge in [0.2, 0.25) is 6.29 Å². The van der Waals surface area contributed by atoms with E-state index in [0.717, 1.165) is 5.56 Å². The number of ether oxygens (including phenoxy) is 4. The molecule has 5 rings (SSSR count). The summed E-state index contributed by atoms with van der Waals surface area (Å²) in [5.74, 6) is -0.588. The van der Waals surface area contributed by atoms with Gasteiger partial charge in [0.1, 0.15) is 23.2 Å². The van der Waals surface area contributed by atoms with Crippen LogP contribution >= 0.6 is 0 Å². The van der Waals surface area contributed by atoms with Gasteiger partial charge in [0.15, 0.2) is 18.0 Å². The zero-order chi connectivity index (χ0) is 31.8. The van der Waals surface area contributed by atoms with E-state index in [2.05, 4.69) is 0 Å². The number of Topliss-reactive ketones (excluding diaryl/α,β-unsaturated/α-hetero) is 1. The normalized spacial score (nSPS) is 21.1. The maximum atomic E-state index is 13.4. The van der Waals surface area contributed by atoms with Crippen LogP contribution < -0.4 is 16.1 Å². The lowest BCUT2D eigenvalue weighted by Gasteiger charge is -2.47. The molecule has 4 atom stereocenters. The van der Waals surface area contributed by atoms with Crippen LogP contribution in [0.25, 0.3) is 22.1 Å². The first-order chi connectivity index (χ1) is 20.9. The van der Waals surface area contributed by atoms with Gasteiger partial charge in [-0.1, -0.05) is 54.6 Å². The number of rotatable bonds is 8. The molecule has 0 spiro atoms. The molecule has 11 nitrogen and oxygen atoms in total. The van der Waals surface area contributed by atoms with Crippen molar-refractivity contribution in [2.24, 2.45) is 5.73 Å². The average molecular weight is 604 g/mol. The van der Waals surface area contributed by atoms with Crippen molar-refractivity contribution in [3.63, 3.8) is 0 Å². The molecule has 4 N–H and O–H groups in total. The second kappa shape index (κ2) is 12.1. The number of nitrogens with two attached hydrogens (primary N) is 1. The van der Waals surface area contributed by atoms with Gasteiger partial charge in [0.25, 0.3) is 0 Å². The smallest absolute Gasteiger partial charge is 0.404 e. The second-order valence-electron chi connectivity index (χ2n) is 11.0. The van der Waals surface area contributed by atoms with Crippen molar-refractivity contribution in [1.82, 2.24) is 0 Å². The molecule has 1 aliphatic rings. The summed E-state index contributed by atoms with van der Waals surface area (Å²) in [6.45, 7) is 4.94. The minimum atomic E-state index is -1.50. The Kier molecular flexibility index (Phi) is 8.46. The van der Waals surface area contributed by atoms with Crippen molar-refractivity contribution in [2.75, 3.05) is 7.11 Å². The molecule has 230 valence electrons. The van der Waals surface area contributed by atoms with Gasteiger partial charge < -0.3 is 39.3 Å². The van der Waals surface area contributed by atoms with Crippen molar-refractivity contribution >= 4 is 22.8 Å². The largest absolute Gasteiger partial charge is 0.507 e. The average Bonchev–Trinajstić information content (AvgIpc) is 2.99. The minimum Gasteiger partial charge on any atom is -0.507 e. The molecule has 44 heavy (non-hydrogen) atoms. The highest BCUT2D eigenvalue weighted by molar-refractivity contribution is 6.04. The number of aryl methyl sites for hydroxylation is 1. The third kappa shape index (κ3) is 5.77. The molecule has 1 aromatic heterocycles. The van der Waals surface area contributed by atoms with Gasteiger partial charge in [-0.3, -0.25) is 4.79 Å². The first-order valence-corrected chi connectivity index (χ1v) is 13.9. The van der Waals surface area contributed by atoms with Crippen molar-refractivity contribution in [2.45, 2.75) is 57.4 Å². The van der Waals surface area contributed by atoms with Gasteiger partial charge in [0, 0.05) is 24.7 Å². The Hall–Kier alpha value is -4.71. The number of carbonyl (C=O) groups is 2. The highest BCUT2D eigenvalue weighted by Gasteiger charge is 2.53. The number of primary amides is 1. The van der Waals surface area contributed by atoms with Gasteiger partial charge in [-0.15, -0.1) is 0 Å². The van der Waals surface area contributed by atoms with Crippen LogP contribution in [0.15, 0.2) is 75.9 Å². The van der Waals surface area contributed by atoms with Crippen LogP contribution in [0.4, 0.5) is 4.79 Å². The highest BCUT2D eigenvalue weighted by Crippen LogP contribution is 2.38. The van der Waals surface area contributed by atoms with Gasteiger partial charge in [-0.05, 0) is 44.0 Å². The van der Waals surface area contributed by atoms with Gasteiger partial charge in [-0.25, -0.2) is 9.59 Å². The number of fused-ring (bicyclic) bond motifs is 1. The number of hydrogen-bond donors (Lipinski definition) is 3. The molecular formula is C33H33NO10. The van der Waals surface area contributed by atoms with E-state index in [0.29, 0.717) is 16.7 Å². The second-order valence-corrected chi connectivity index (χ2v) is 11.0. The highest BCUT2D eigenvalue weighted by atomic mass is 16.7. The zero-order valence-electron chi connectivity index (χ0n) is 24.6. The molecule has 11 heteroatoms. The van der Waals surface area contributed by atoms with E-state index < -0.39 is 41.9 Å². The maximum absolute atomic E-state index is 13.4. The van der Waals surface area contributed by atoms with Crippen LogP contribution in [-0.2, 0) is 20.6 Å². The van der Waals surface area contributed by atoms with Gasteiger partial charge >= 0.3 is 11.7 Å². The Labute approximate surface area is 252 Å². The molecule has 1 fully saturated rings. The van der Waals surface area contributed by atoms with E-state index >= 15 is 0 Å². The summed E-state index contributed by atoms with van der Waals surface area (Å²) >= 11 is 0. The standard InChI is InChI=1S/C33H33NO10/c1-17-24(41-31-26(37)28(43-32(34)39)29(40-4)33(2,3)44-31)15-14-21-25(36)22(30(38)42-27(17)21)16-23(35)20-13-9-8-12-19(20)18-10-6-5-7-11-18/h5-15,26,28-29,31,36-37H,16H2,1-4H3,(H2,34,39)/t26-,28+,29-,31-/m1/s1. The van der Waals surface area contributed by atoms with Crippen LogP contribution in [0.5, 0.6) is 11.5 Å². The van der Waals surface area contributed by atoms with E-state index in [9.17, 15) is 24.6 Å². The van der Waals surface area contributed by atoms with Gasteiger partial charge in [-0.2, -0.15) is 0 Å². The van der Waals surface area contributed by atoms with Crippen LogP contribution in [-0.4, -0.2) is 59.4 Å². The molecule has 4 aromatic rings. The van der Waals surface area contributed by atoms with Gasteiger partial charge in [0.05, 0.1) is 16.6 Å². The Morgan fingerprint density at radius 3 is 2.39 bits per heavy atom. The number of ketones is 1. The summed E-state index contributed by atoms with van der Waals surface area (Å²) in [4.78, 5) is 38.1. The van der Waals surface area contributed by atoms with E-state index in [4.69, 9.17) is 29.1 Å². The fourth-order valence-corrected chi connectivity index (χ4v) is 5.61. The van der Waals surface area contributed by atoms with E-state index in [1.54, 1.807) is 32.9 Å². The topological polar surface area (TPSA) is 168 Å². The fourth-order valence-electron chi connectivity index (χ4n) is 5.61. The van der Waals surface area contributed by atoms with E-state index in [1.807, 2.05) is 42.5 Å². The molecular weight excluding hydrogens is 570 g/mol. The van der Waals surface area contributed by atoms with Crippen molar-refractivity contribution < 1.29 is 43.2 Å². The zero-order valence-corrected chi connectivity index (χ0v) is 24.6. The SMILES string of the molecule is CO[C@@H]1[C@@H](OC(N)=O)[C@@H](O)[C@H](Oc2ccc3c(O)c(CC(=O)c4ccccc4-c4ccccc4)c(=O)oc3c2C)OC1(C)C. The molecule has 0 bridgehead atoms. The first-order valence-electron chi connectivity index (χ1n) is 13.9. The number of carbonyl (C=O) groups excluding carboxylic acids is 2. The number of benzene rings is 3. The molecule has 3 aromatic carbocycles. The monoisotopic (exact) mass is 603 g/mol. The molecule has 1 amide bonds. The predicted molar refractivity (Wildman–Crippen MR) is 160 cm³/mol. The van der Waals surface area contributed by atoms with Crippen LogP contribution in [0, 0.1) is 6.92 Å². The summed E-state index contributed by atoms with van der Waals surface area (Å²) in [5.41, 5.74) is 5.37. The van der Waals surface area contributed by atoms with E-state index in [-0.39, 0.29) is 40.2 Å². The summed E-state index contributed by atoms with van der Waals surface area (Å²) in [5, 5.41) is 22.3. The predicted octanol–water partition coefficient (Wildman–Crippen LogP) is 4.25. The summed E-state index contributed by atoms with van der Waals surface area (Å²) < 4.78 is 28.1. The molecule has 0 unspecified atom stereocenters. The van der Waals surface area contributed by atoms with E-state index in [1.165, 1.54) is 19.2 Å². The molecule has 0 radical (unpaired) electrons. The van der Waals surface area contributed by atoms with Crippen molar-refractivity contribution in [3.8, 4) is 22.6 Å². The van der Waals surface area contributed by atoms with Crippen LogP contribution in [0.3, 0.4) is 0 Å². The molecule has 2 heterocycles. The maximum Gasteiger partial charge on any atom is 0.404 e. The fraction of sp³-hybridized carbons (Fsp3) is 0.303. The lowest BCUT2D eigenvalue weighted by molar-refractivity contribution is -0.304. The van der Waals surface area contributed by atoms with Crippen LogP contribution in [0.1, 0.15) is 35.3 Å². The number of amides is 1. The summed E-state index contributed by atoms with van der Waals surface area (Å²) in [6.07, 6.45) is -6.39.